The van der Waals surface area contributed by atoms with Crippen LogP contribution in [-0.2, 0) is 9.59 Å². The van der Waals surface area contributed by atoms with Gasteiger partial charge in [0.2, 0.25) is 11.8 Å². The summed E-state index contributed by atoms with van der Waals surface area (Å²) < 4.78 is 11.1. The lowest BCUT2D eigenvalue weighted by atomic mass is 9.92. The topological polar surface area (TPSA) is 71.8 Å². The summed E-state index contributed by atoms with van der Waals surface area (Å²) in [7, 11) is 0. The van der Waals surface area contributed by atoms with Crippen LogP contribution in [0.4, 0.5) is 11.4 Å². The summed E-state index contributed by atoms with van der Waals surface area (Å²) in [6, 6.07) is 8.92. The molecule has 0 saturated carbocycles. The minimum Gasteiger partial charge on any atom is -0.490 e. The summed E-state index contributed by atoms with van der Waals surface area (Å²) in [4.78, 5) is 27.1. The van der Waals surface area contributed by atoms with Gasteiger partial charge in [0.25, 0.3) is 0 Å². The van der Waals surface area contributed by atoms with Crippen LogP contribution in [0.25, 0.3) is 6.08 Å². The molecule has 6 heteroatoms. The molecule has 29 heavy (non-hydrogen) atoms. The van der Waals surface area contributed by atoms with Gasteiger partial charge in [-0.05, 0) is 56.5 Å². The highest BCUT2D eigenvalue weighted by Crippen LogP contribution is 2.38. The van der Waals surface area contributed by atoms with E-state index in [1.807, 2.05) is 24.8 Å². The van der Waals surface area contributed by atoms with Crippen molar-refractivity contribution < 1.29 is 18.7 Å². The third kappa shape index (κ3) is 5.08. The van der Waals surface area contributed by atoms with Gasteiger partial charge in [0.1, 0.15) is 18.1 Å². The largest absolute Gasteiger partial charge is 0.490 e. The summed E-state index contributed by atoms with van der Waals surface area (Å²) in [5, 5.41) is 2.82. The molecule has 1 N–H and O–H groups in total. The van der Waals surface area contributed by atoms with Gasteiger partial charge >= 0.3 is 0 Å². The van der Waals surface area contributed by atoms with Crippen LogP contribution in [0.3, 0.4) is 0 Å². The van der Waals surface area contributed by atoms with Crippen LogP contribution in [-0.4, -0.2) is 25.0 Å². The average Bonchev–Trinajstić information content (AvgIpc) is 3.16. The molecule has 6 nitrogen and oxygen atoms in total. The first-order chi connectivity index (χ1) is 13.8. The second kappa shape index (κ2) is 8.55. The highest BCUT2D eigenvalue weighted by molar-refractivity contribution is 6.03. The summed E-state index contributed by atoms with van der Waals surface area (Å²) in [5.74, 6) is 1.46. The van der Waals surface area contributed by atoms with Crippen molar-refractivity contribution in [3.63, 3.8) is 0 Å². The van der Waals surface area contributed by atoms with E-state index in [9.17, 15) is 9.59 Å². The molecule has 2 heterocycles. The van der Waals surface area contributed by atoms with Crippen LogP contribution >= 0.6 is 0 Å². The van der Waals surface area contributed by atoms with E-state index >= 15 is 0 Å². The van der Waals surface area contributed by atoms with Crippen LogP contribution in [0, 0.1) is 11.3 Å². The molecular weight excluding hydrogens is 368 g/mol. The quantitative estimate of drug-likeness (QED) is 0.717. The number of amides is 2. The summed E-state index contributed by atoms with van der Waals surface area (Å²) in [6.07, 6.45) is 5.46. The Morgan fingerprint density at radius 2 is 2.10 bits per heavy atom. The Labute approximate surface area is 171 Å². The zero-order chi connectivity index (χ0) is 21.0. The first-order valence-corrected chi connectivity index (χ1v) is 9.87. The number of carbonyl (C=O) groups excluding carboxylic acids is 2. The van der Waals surface area contributed by atoms with E-state index in [4.69, 9.17) is 9.15 Å². The summed E-state index contributed by atoms with van der Waals surface area (Å²) in [6.45, 7) is 8.98. The third-order valence-corrected chi connectivity index (χ3v) is 4.80. The molecule has 3 rings (SSSR count). The second-order valence-electron chi connectivity index (χ2n) is 8.33. The predicted octanol–water partition coefficient (Wildman–Crippen LogP) is 4.73. The van der Waals surface area contributed by atoms with Gasteiger partial charge in [0, 0.05) is 24.4 Å². The highest BCUT2D eigenvalue weighted by atomic mass is 16.5. The van der Waals surface area contributed by atoms with Crippen molar-refractivity contribution in [1.29, 1.82) is 0 Å². The van der Waals surface area contributed by atoms with Gasteiger partial charge in [0.05, 0.1) is 17.4 Å². The van der Waals surface area contributed by atoms with Crippen LogP contribution in [0.2, 0.25) is 0 Å². The van der Waals surface area contributed by atoms with Gasteiger partial charge in [-0.2, -0.15) is 0 Å². The van der Waals surface area contributed by atoms with E-state index in [-0.39, 0.29) is 18.4 Å². The standard InChI is InChI=1S/C23H28N2O4/c1-16(2)11-12-25-19-9-7-17(14-20(19)29-15-23(3,4)22(25)27)24-21(26)10-8-18-6-5-13-28-18/h5-10,13-14,16H,11-12,15H2,1-4H3,(H,24,26)/b10-8+. The van der Waals surface area contributed by atoms with Crippen LogP contribution in [0.1, 0.15) is 39.9 Å². The molecule has 154 valence electrons. The Hall–Kier alpha value is -3.02. The number of fused-ring (bicyclic) bond motifs is 1. The number of hydrogen-bond donors (Lipinski definition) is 1. The normalized spacial score (nSPS) is 15.9. The minimum atomic E-state index is -0.620. The van der Waals surface area contributed by atoms with Crippen molar-refractivity contribution in [2.75, 3.05) is 23.4 Å². The Balaban J connectivity index is 1.80. The van der Waals surface area contributed by atoms with Crippen molar-refractivity contribution in [2.45, 2.75) is 34.1 Å². The van der Waals surface area contributed by atoms with Gasteiger partial charge in [-0.1, -0.05) is 13.8 Å². The first-order valence-electron chi connectivity index (χ1n) is 9.87. The molecule has 2 aromatic rings. The van der Waals surface area contributed by atoms with Crippen molar-refractivity contribution in [1.82, 2.24) is 0 Å². The lowest BCUT2D eigenvalue weighted by molar-refractivity contribution is -0.127. The monoisotopic (exact) mass is 396 g/mol. The summed E-state index contributed by atoms with van der Waals surface area (Å²) in [5.41, 5.74) is 0.727. The maximum atomic E-state index is 13.1. The summed E-state index contributed by atoms with van der Waals surface area (Å²) >= 11 is 0. The molecule has 0 aliphatic carbocycles. The van der Waals surface area contributed by atoms with Gasteiger partial charge in [-0.25, -0.2) is 0 Å². The zero-order valence-corrected chi connectivity index (χ0v) is 17.4. The first kappa shape index (κ1) is 20.7. The van der Waals surface area contributed by atoms with Gasteiger partial charge in [-0.15, -0.1) is 0 Å². The third-order valence-electron chi connectivity index (χ3n) is 4.80. The van der Waals surface area contributed by atoms with E-state index in [1.54, 1.807) is 36.6 Å². The number of nitrogens with zero attached hydrogens (tertiary/aromatic N) is 1. The van der Waals surface area contributed by atoms with E-state index in [0.29, 0.717) is 29.7 Å². The van der Waals surface area contributed by atoms with Crippen molar-refractivity contribution in [2.24, 2.45) is 11.3 Å². The number of furan rings is 1. The fourth-order valence-electron chi connectivity index (χ4n) is 3.06. The number of benzene rings is 1. The zero-order valence-electron chi connectivity index (χ0n) is 17.4. The Kier molecular flexibility index (Phi) is 6.11. The van der Waals surface area contributed by atoms with Gasteiger partial charge in [0.15, 0.2) is 0 Å². The minimum absolute atomic E-state index is 0.0510. The second-order valence-corrected chi connectivity index (χ2v) is 8.33. The lowest BCUT2D eigenvalue weighted by Gasteiger charge is -2.28. The molecule has 1 aromatic carbocycles. The van der Waals surface area contributed by atoms with Crippen LogP contribution in [0.5, 0.6) is 5.75 Å². The SMILES string of the molecule is CC(C)CCN1C(=O)C(C)(C)COc2cc(NC(=O)/C=C/c3ccco3)ccc21. The molecule has 0 radical (unpaired) electrons. The number of hydrogen-bond acceptors (Lipinski definition) is 4. The smallest absolute Gasteiger partial charge is 0.248 e. The molecule has 0 saturated heterocycles. The number of anilines is 2. The molecular formula is C23H28N2O4. The maximum absolute atomic E-state index is 13.1. The fraction of sp³-hybridized carbons (Fsp3) is 0.391. The number of ether oxygens (including phenoxy) is 1. The molecule has 0 bridgehead atoms. The van der Waals surface area contributed by atoms with E-state index in [0.717, 1.165) is 12.1 Å². The molecule has 1 aromatic heterocycles. The van der Waals surface area contributed by atoms with E-state index < -0.39 is 5.41 Å². The Morgan fingerprint density at radius 1 is 1.31 bits per heavy atom. The number of nitrogens with one attached hydrogen (secondary N) is 1. The Bertz CT molecular complexity index is 898. The van der Waals surface area contributed by atoms with Crippen LogP contribution < -0.4 is 15.0 Å². The number of carbonyl (C=O) groups is 2. The fourth-order valence-corrected chi connectivity index (χ4v) is 3.06. The van der Waals surface area contributed by atoms with Gasteiger partial charge in [-0.3, -0.25) is 9.59 Å². The molecule has 1 aliphatic heterocycles. The average molecular weight is 396 g/mol. The molecule has 0 fully saturated rings. The van der Waals surface area contributed by atoms with E-state index in [1.165, 1.54) is 6.08 Å². The van der Waals surface area contributed by atoms with Crippen molar-refractivity contribution >= 4 is 29.3 Å². The van der Waals surface area contributed by atoms with Crippen molar-refractivity contribution in [3.8, 4) is 5.75 Å². The molecule has 0 unspecified atom stereocenters. The Morgan fingerprint density at radius 3 is 2.79 bits per heavy atom. The molecule has 0 atom stereocenters. The lowest BCUT2D eigenvalue weighted by Crippen LogP contribution is -2.42. The molecule has 2 amide bonds. The van der Waals surface area contributed by atoms with Crippen LogP contribution in [0.15, 0.2) is 47.1 Å². The number of rotatable bonds is 6. The molecule has 1 aliphatic rings. The van der Waals surface area contributed by atoms with Crippen molar-refractivity contribution in [3.05, 3.63) is 48.4 Å². The maximum Gasteiger partial charge on any atom is 0.248 e. The van der Waals surface area contributed by atoms with E-state index in [2.05, 4.69) is 19.2 Å². The van der Waals surface area contributed by atoms with Gasteiger partial charge < -0.3 is 19.4 Å². The highest BCUT2D eigenvalue weighted by Gasteiger charge is 2.37. The molecule has 0 spiro atoms. The predicted molar refractivity (Wildman–Crippen MR) is 114 cm³/mol.